The van der Waals surface area contributed by atoms with Crippen molar-refractivity contribution in [1.29, 1.82) is 0 Å². The summed E-state index contributed by atoms with van der Waals surface area (Å²) in [6, 6.07) is 0. The smallest absolute Gasteiger partial charge is 0.222 e. The summed E-state index contributed by atoms with van der Waals surface area (Å²) in [6.45, 7) is 0.730. The zero-order chi connectivity index (χ0) is 7.56. The van der Waals surface area contributed by atoms with Gasteiger partial charge in [-0.15, -0.1) is 0 Å². The fourth-order valence-electron chi connectivity index (χ4n) is 1.35. The van der Waals surface area contributed by atoms with Crippen LogP contribution in [-0.2, 0) is 4.79 Å². The molecule has 10 heavy (non-hydrogen) atoms. The van der Waals surface area contributed by atoms with Crippen LogP contribution in [0.15, 0.2) is 0 Å². The van der Waals surface area contributed by atoms with Crippen molar-refractivity contribution in [2.24, 2.45) is 17.6 Å². The highest BCUT2D eigenvalue weighted by molar-refractivity contribution is 5.79. The Labute approximate surface area is 61.0 Å². The van der Waals surface area contributed by atoms with Crippen molar-refractivity contribution < 1.29 is 4.79 Å². The predicted molar refractivity (Wildman–Crippen MR) is 39.3 cm³/mol. The Morgan fingerprint density at radius 3 is 2.70 bits per heavy atom. The first-order valence-electron chi connectivity index (χ1n) is 3.69. The highest BCUT2D eigenvalue weighted by Crippen LogP contribution is 2.32. The Morgan fingerprint density at radius 2 is 2.30 bits per heavy atom. The largest absolute Gasteiger partial charge is 0.359 e. The monoisotopic (exact) mass is 142 g/mol. The molecule has 3 nitrogen and oxygen atoms in total. The van der Waals surface area contributed by atoms with Crippen LogP contribution in [0.5, 0.6) is 0 Å². The summed E-state index contributed by atoms with van der Waals surface area (Å²) in [6.07, 6.45) is 1.96. The summed E-state index contributed by atoms with van der Waals surface area (Å²) >= 11 is 0. The Kier molecular flexibility index (Phi) is 2.27. The Balaban J connectivity index is 2.19. The Hall–Kier alpha value is -0.570. The van der Waals surface area contributed by atoms with Gasteiger partial charge in [0.2, 0.25) is 5.91 Å². The summed E-state index contributed by atoms with van der Waals surface area (Å²) in [7, 11) is 1.68. The van der Waals surface area contributed by atoms with E-state index in [2.05, 4.69) is 5.32 Å². The standard InChI is InChI=1S/C7H14N2O/c1-9-7(10)6-2-5(3-6)4-8/h5-6H,2-4,8H2,1H3,(H,9,10). The second-order valence-electron chi connectivity index (χ2n) is 2.88. The summed E-state index contributed by atoms with van der Waals surface area (Å²) in [5.74, 6) is 1.02. The number of hydrogen-bond donors (Lipinski definition) is 2. The lowest BCUT2D eigenvalue weighted by Gasteiger charge is -2.32. The first kappa shape index (κ1) is 7.54. The highest BCUT2D eigenvalue weighted by Gasteiger charge is 2.32. The molecule has 0 unspecified atom stereocenters. The topological polar surface area (TPSA) is 55.1 Å². The molecule has 0 spiro atoms. The molecular formula is C7H14N2O. The van der Waals surface area contributed by atoms with Crippen LogP contribution in [0.2, 0.25) is 0 Å². The van der Waals surface area contributed by atoms with E-state index in [9.17, 15) is 4.79 Å². The maximum atomic E-state index is 10.9. The first-order valence-corrected chi connectivity index (χ1v) is 3.69. The van der Waals surface area contributed by atoms with Crippen LogP contribution in [-0.4, -0.2) is 19.5 Å². The second kappa shape index (κ2) is 3.01. The highest BCUT2D eigenvalue weighted by atomic mass is 16.1. The predicted octanol–water partition coefficient (Wildman–Crippen LogP) is -0.283. The van der Waals surface area contributed by atoms with Crippen LogP contribution in [0.4, 0.5) is 0 Å². The van der Waals surface area contributed by atoms with Crippen molar-refractivity contribution in [3.05, 3.63) is 0 Å². The van der Waals surface area contributed by atoms with Gasteiger partial charge in [0.15, 0.2) is 0 Å². The van der Waals surface area contributed by atoms with Crippen molar-refractivity contribution in [2.45, 2.75) is 12.8 Å². The van der Waals surface area contributed by atoms with E-state index in [0.29, 0.717) is 5.92 Å². The molecule has 1 amide bonds. The molecule has 1 saturated carbocycles. The first-order chi connectivity index (χ1) is 4.77. The van der Waals surface area contributed by atoms with Gasteiger partial charge in [0.25, 0.3) is 0 Å². The molecule has 1 aliphatic carbocycles. The average molecular weight is 142 g/mol. The van der Waals surface area contributed by atoms with E-state index in [-0.39, 0.29) is 11.8 Å². The lowest BCUT2D eigenvalue weighted by atomic mass is 9.74. The van der Waals surface area contributed by atoms with Crippen molar-refractivity contribution >= 4 is 5.91 Å². The van der Waals surface area contributed by atoms with Crippen molar-refractivity contribution in [3.63, 3.8) is 0 Å². The van der Waals surface area contributed by atoms with Gasteiger partial charge in [-0.2, -0.15) is 0 Å². The lowest BCUT2D eigenvalue weighted by Crippen LogP contribution is -2.39. The molecule has 0 aromatic carbocycles. The molecule has 0 aliphatic heterocycles. The number of nitrogens with one attached hydrogen (secondary N) is 1. The van der Waals surface area contributed by atoms with Gasteiger partial charge in [-0.3, -0.25) is 4.79 Å². The third kappa shape index (κ3) is 1.29. The SMILES string of the molecule is CNC(=O)C1CC(CN)C1. The van der Waals surface area contributed by atoms with Gasteiger partial charge in [-0.1, -0.05) is 0 Å². The number of amides is 1. The number of carbonyl (C=O) groups is 1. The molecule has 0 radical (unpaired) electrons. The van der Waals surface area contributed by atoms with E-state index >= 15 is 0 Å². The average Bonchev–Trinajstić information content (AvgIpc) is 1.85. The van der Waals surface area contributed by atoms with E-state index in [1.165, 1.54) is 0 Å². The van der Waals surface area contributed by atoms with Crippen LogP contribution < -0.4 is 11.1 Å². The zero-order valence-corrected chi connectivity index (χ0v) is 6.26. The van der Waals surface area contributed by atoms with Crippen molar-refractivity contribution in [1.82, 2.24) is 5.32 Å². The van der Waals surface area contributed by atoms with Crippen LogP contribution in [0.3, 0.4) is 0 Å². The van der Waals surface area contributed by atoms with Gasteiger partial charge in [0.05, 0.1) is 0 Å². The molecule has 0 aromatic rings. The summed E-state index contributed by atoms with van der Waals surface area (Å²) in [5.41, 5.74) is 5.41. The third-order valence-corrected chi connectivity index (χ3v) is 2.19. The van der Waals surface area contributed by atoms with Crippen molar-refractivity contribution in [3.8, 4) is 0 Å². The molecule has 0 aromatic heterocycles. The van der Waals surface area contributed by atoms with Gasteiger partial charge in [-0.25, -0.2) is 0 Å². The third-order valence-electron chi connectivity index (χ3n) is 2.19. The molecule has 1 rings (SSSR count). The normalized spacial score (nSPS) is 31.0. The molecule has 1 fully saturated rings. The second-order valence-corrected chi connectivity index (χ2v) is 2.88. The quantitative estimate of drug-likeness (QED) is 0.557. The molecule has 0 heterocycles. The number of rotatable bonds is 2. The Bertz CT molecular complexity index is 130. The number of carbonyl (C=O) groups excluding carboxylic acids is 1. The van der Waals surface area contributed by atoms with Gasteiger partial charge in [-0.05, 0) is 25.3 Å². The molecule has 0 bridgehead atoms. The van der Waals surface area contributed by atoms with Crippen LogP contribution >= 0.6 is 0 Å². The molecule has 3 heteroatoms. The molecule has 1 aliphatic rings. The lowest BCUT2D eigenvalue weighted by molar-refractivity contribution is -0.128. The molecule has 3 N–H and O–H groups in total. The molecule has 0 atom stereocenters. The van der Waals surface area contributed by atoms with E-state index < -0.39 is 0 Å². The van der Waals surface area contributed by atoms with E-state index in [0.717, 1.165) is 19.4 Å². The Morgan fingerprint density at radius 1 is 1.70 bits per heavy atom. The van der Waals surface area contributed by atoms with Crippen molar-refractivity contribution in [2.75, 3.05) is 13.6 Å². The number of hydrogen-bond acceptors (Lipinski definition) is 2. The summed E-state index contributed by atoms with van der Waals surface area (Å²) in [4.78, 5) is 10.9. The van der Waals surface area contributed by atoms with Crippen LogP contribution in [0, 0.1) is 11.8 Å². The number of nitrogens with two attached hydrogens (primary N) is 1. The fourth-order valence-corrected chi connectivity index (χ4v) is 1.35. The minimum Gasteiger partial charge on any atom is -0.359 e. The van der Waals surface area contributed by atoms with E-state index in [4.69, 9.17) is 5.73 Å². The molecule has 58 valence electrons. The fraction of sp³-hybridized carbons (Fsp3) is 0.857. The van der Waals surface area contributed by atoms with E-state index in [1.54, 1.807) is 7.05 Å². The summed E-state index contributed by atoms with van der Waals surface area (Å²) < 4.78 is 0. The van der Waals surface area contributed by atoms with Gasteiger partial charge in [0.1, 0.15) is 0 Å². The molecule has 0 saturated heterocycles. The van der Waals surface area contributed by atoms with Gasteiger partial charge < -0.3 is 11.1 Å². The van der Waals surface area contributed by atoms with Gasteiger partial charge >= 0.3 is 0 Å². The van der Waals surface area contributed by atoms with Crippen LogP contribution in [0.25, 0.3) is 0 Å². The maximum absolute atomic E-state index is 10.9. The molecular weight excluding hydrogens is 128 g/mol. The van der Waals surface area contributed by atoms with E-state index in [1.807, 2.05) is 0 Å². The van der Waals surface area contributed by atoms with Gasteiger partial charge in [0, 0.05) is 13.0 Å². The maximum Gasteiger partial charge on any atom is 0.222 e. The zero-order valence-electron chi connectivity index (χ0n) is 6.26. The van der Waals surface area contributed by atoms with Crippen LogP contribution in [0.1, 0.15) is 12.8 Å². The summed E-state index contributed by atoms with van der Waals surface area (Å²) in [5, 5.41) is 2.63. The minimum absolute atomic E-state index is 0.171. The minimum atomic E-state index is 0.171.